The molecule has 2 rings (SSSR count). The number of nitrogens with zero attached hydrogens (tertiary/aromatic N) is 1. The Bertz CT molecular complexity index is 526. The molecule has 86 valence electrons. The van der Waals surface area contributed by atoms with E-state index in [1.807, 2.05) is 6.07 Å². The van der Waals surface area contributed by atoms with Gasteiger partial charge in [0, 0.05) is 17.1 Å². The first-order valence-corrected chi connectivity index (χ1v) is 7.28. The number of nitriles is 1. The minimum Gasteiger partial charge on any atom is -0.288 e. The fraction of sp³-hybridized carbons (Fsp3) is 0.167. The van der Waals surface area contributed by atoms with Crippen LogP contribution in [-0.4, -0.2) is 17.3 Å². The minimum atomic E-state index is -0.282. The van der Waals surface area contributed by atoms with E-state index < -0.39 is 0 Å². The number of hydrogen-bond donors (Lipinski definition) is 0. The van der Waals surface area contributed by atoms with Crippen LogP contribution in [-0.2, 0) is 0 Å². The summed E-state index contributed by atoms with van der Waals surface area (Å²) in [7, 11) is 0. The number of carbonyl (C=O) groups excluding carboxylic acids is 1. The highest BCUT2D eigenvalue weighted by atomic mass is 35.5. The van der Waals surface area contributed by atoms with E-state index in [4.69, 9.17) is 16.9 Å². The number of Topliss-reactive ketones (excluding diaryl/α,β-unsaturated/α-hetero) is 1. The van der Waals surface area contributed by atoms with Gasteiger partial charge in [-0.1, -0.05) is 23.7 Å². The molecule has 0 amide bonds. The second kappa shape index (κ2) is 5.63. The lowest BCUT2D eigenvalue weighted by atomic mass is 10.1. The fourth-order valence-corrected chi connectivity index (χ4v) is 4.08. The van der Waals surface area contributed by atoms with Crippen LogP contribution in [0.2, 0.25) is 5.02 Å². The lowest BCUT2D eigenvalue weighted by Crippen LogP contribution is -2.03. The first-order chi connectivity index (χ1) is 8.24. The first kappa shape index (κ1) is 12.6. The van der Waals surface area contributed by atoms with Crippen molar-refractivity contribution in [1.82, 2.24) is 0 Å². The number of allylic oxidation sites excluding steroid dienone is 1. The predicted molar refractivity (Wildman–Crippen MR) is 73.3 cm³/mol. The van der Waals surface area contributed by atoms with E-state index in [2.05, 4.69) is 0 Å². The van der Waals surface area contributed by atoms with Gasteiger partial charge in [-0.25, -0.2) is 0 Å². The minimum absolute atomic E-state index is 0.214. The molecular weight excluding hydrogens is 274 g/mol. The molecule has 0 radical (unpaired) electrons. The van der Waals surface area contributed by atoms with Crippen molar-refractivity contribution in [2.75, 3.05) is 11.5 Å². The highest BCUT2D eigenvalue weighted by Crippen LogP contribution is 2.39. The number of rotatable bonds is 2. The van der Waals surface area contributed by atoms with Crippen molar-refractivity contribution in [3.05, 3.63) is 44.7 Å². The van der Waals surface area contributed by atoms with Gasteiger partial charge in [-0.2, -0.15) is 5.26 Å². The first-order valence-electron chi connectivity index (χ1n) is 4.93. The fourth-order valence-electron chi connectivity index (χ4n) is 1.42. The summed E-state index contributed by atoms with van der Waals surface area (Å²) in [5, 5.41) is 9.50. The van der Waals surface area contributed by atoms with Crippen molar-refractivity contribution >= 4 is 40.9 Å². The summed E-state index contributed by atoms with van der Waals surface area (Å²) in [4.78, 5) is 12.2. The number of thioether (sulfide) groups is 2. The molecule has 1 heterocycles. The summed E-state index contributed by atoms with van der Waals surface area (Å²) in [5.41, 5.74) is 0.608. The van der Waals surface area contributed by atoms with Crippen LogP contribution in [0.1, 0.15) is 10.4 Å². The van der Waals surface area contributed by atoms with Gasteiger partial charge < -0.3 is 0 Å². The molecule has 17 heavy (non-hydrogen) atoms. The molecule has 0 unspecified atom stereocenters. The Morgan fingerprint density at radius 2 is 1.94 bits per heavy atom. The molecule has 0 aliphatic carbocycles. The Labute approximate surface area is 113 Å². The Morgan fingerprint density at radius 1 is 1.29 bits per heavy atom. The van der Waals surface area contributed by atoms with Gasteiger partial charge >= 0.3 is 0 Å². The quantitative estimate of drug-likeness (QED) is 0.470. The van der Waals surface area contributed by atoms with Gasteiger partial charge in [0.2, 0.25) is 5.78 Å². The normalized spacial score (nSPS) is 14.5. The standard InChI is InChI=1S/C12H8ClNOS2/c13-10-4-2-1-3-8(10)11(15)9(7-14)12-16-5-6-17-12/h1-4H,5-6H2. The SMILES string of the molecule is N#CC(C(=O)c1ccccc1Cl)=C1SCCS1. The molecule has 1 aliphatic heterocycles. The molecule has 5 heteroatoms. The van der Waals surface area contributed by atoms with Crippen LogP contribution < -0.4 is 0 Å². The summed E-state index contributed by atoms with van der Waals surface area (Å²) in [6.07, 6.45) is 0. The molecule has 0 aromatic heterocycles. The topological polar surface area (TPSA) is 40.9 Å². The second-order valence-corrected chi connectivity index (χ2v) is 6.16. The van der Waals surface area contributed by atoms with Gasteiger partial charge in [-0.15, -0.1) is 23.5 Å². The molecule has 0 N–H and O–H groups in total. The maximum Gasteiger partial charge on any atom is 0.206 e. The molecule has 1 saturated heterocycles. The molecule has 1 aliphatic rings. The summed E-state index contributed by atoms with van der Waals surface area (Å²) < 4.78 is 0.817. The maximum atomic E-state index is 12.2. The van der Waals surface area contributed by atoms with Crippen LogP contribution in [0.15, 0.2) is 34.1 Å². The molecule has 1 aromatic carbocycles. The molecule has 1 aromatic rings. The molecule has 0 bridgehead atoms. The number of ketones is 1. The zero-order chi connectivity index (χ0) is 12.3. The number of carbonyl (C=O) groups is 1. The van der Waals surface area contributed by atoms with Crippen LogP contribution >= 0.6 is 35.1 Å². The lowest BCUT2D eigenvalue weighted by molar-refractivity contribution is 0.103. The lowest BCUT2D eigenvalue weighted by Gasteiger charge is -2.03. The summed E-state index contributed by atoms with van der Waals surface area (Å²) in [6, 6.07) is 8.81. The van der Waals surface area contributed by atoms with Gasteiger partial charge in [-0.3, -0.25) is 4.79 Å². The van der Waals surface area contributed by atoms with Gasteiger partial charge in [0.05, 0.1) is 9.26 Å². The third-order valence-electron chi connectivity index (χ3n) is 2.21. The van der Waals surface area contributed by atoms with E-state index in [-0.39, 0.29) is 11.4 Å². The van der Waals surface area contributed by atoms with Crippen LogP contribution in [0.25, 0.3) is 0 Å². The monoisotopic (exact) mass is 281 g/mol. The third kappa shape index (κ3) is 2.68. The van der Waals surface area contributed by atoms with Gasteiger partial charge in [0.25, 0.3) is 0 Å². The molecule has 2 nitrogen and oxygen atoms in total. The zero-order valence-corrected chi connectivity index (χ0v) is 11.2. The Kier molecular flexibility index (Phi) is 4.16. The van der Waals surface area contributed by atoms with Gasteiger partial charge in [-0.05, 0) is 12.1 Å². The van der Waals surface area contributed by atoms with E-state index in [0.29, 0.717) is 10.6 Å². The average Bonchev–Trinajstić information content (AvgIpc) is 2.84. The Balaban J connectivity index is 2.41. The zero-order valence-electron chi connectivity index (χ0n) is 8.77. The van der Waals surface area contributed by atoms with Crippen molar-refractivity contribution in [3.63, 3.8) is 0 Å². The van der Waals surface area contributed by atoms with Crippen molar-refractivity contribution in [2.24, 2.45) is 0 Å². The third-order valence-corrected chi connectivity index (χ3v) is 5.26. The van der Waals surface area contributed by atoms with Crippen molar-refractivity contribution < 1.29 is 4.79 Å². The molecule has 0 spiro atoms. The summed E-state index contributed by atoms with van der Waals surface area (Å²) in [6.45, 7) is 0. The van der Waals surface area contributed by atoms with Gasteiger partial charge in [0.1, 0.15) is 11.6 Å². The average molecular weight is 282 g/mol. The van der Waals surface area contributed by atoms with Crippen LogP contribution in [0.5, 0.6) is 0 Å². The predicted octanol–water partition coefficient (Wildman–Crippen LogP) is 3.74. The van der Waals surface area contributed by atoms with E-state index >= 15 is 0 Å². The van der Waals surface area contributed by atoms with Crippen molar-refractivity contribution in [1.29, 1.82) is 5.26 Å². The molecular formula is C12H8ClNOS2. The van der Waals surface area contributed by atoms with Crippen LogP contribution in [0, 0.1) is 11.3 Å². The number of hydrogen-bond acceptors (Lipinski definition) is 4. The summed E-state index contributed by atoms with van der Waals surface area (Å²) in [5.74, 6) is 1.61. The van der Waals surface area contributed by atoms with E-state index in [0.717, 1.165) is 15.7 Å². The van der Waals surface area contributed by atoms with Gasteiger partial charge in [0.15, 0.2) is 0 Å². The summed E-state index contributed by atoms with van der Waals surface area (Å²) >= 11 is 9.08. The molecule has 1 fully saturated rings. The Morgan fingerprint density at radius 3 is 2.53 bits per heavy atom. The highest BCUT2D eigenvalue weighted by Gasteiger charge is 2.22. The second-order valence-electron chi connectivity index (χ2n) is 3.28. The highest BCUT2D eigenvalue weighted by molar-refractivity contribution is 8.25. The van der Waals surface area contributed by atoms with Crippen molar-refractivity contribution in [2.45, 2.75) is 0 Å². The molecule has 0 saturated carbocycles. The number of benzene rings is 1. The molecule has 0 atom stereocenters. The van der Waals surface area contributed by atoms with E-state index in [9.17, 15) is 4.79 Å². The van der Waals surface area contributed by atoms with E-state index in [1.165, 1.54) is 0 Å². The number of halogens is 1. The Hall–Kier alpha value is -0.890. The van der Waals surface area contributed by atoms with E-state index in [1.54, 1.807) is 47.8 Å². The maximum absolute atomic E-state index is 12.2. The smallest absolute Gasteiger partial charge is 0.206 e. The van der Waals surface area contributed by atoms with Crippen LogP contribution in [0.3, 0.4) is 0 Å². The van der Waals surface area contributed by atoms with Crippen LogP contribution in [0.4, 0.5) is 0 Å². The largest absolute Gasteiger partial charge is 0.288 e. The van der Waals surface area contributed by atoms with Crippen molar-refractivity contribution in [3.8, 4) is 6.07 Å².